The number of nitrogens with zero attached hydrogens (tertiary/aromatic N) is 2. The van der Waals surface area contributed by atoms with E-state index >= 15 is 0 Å². The molecule has 2 rings (SSSR count). The van der Waals surface area contributed by atoms with E-state index in [-0.39, 0.29) is 13.1 Å². The van der Waals surface area contributed by atoms with Gasteiger partial charge in [0.25, 0.3) is 0 Å². The van der Waals surface area contributed by atoms with Gasteiger partial charge in [0.1, 0.15) is 0 Å². The Morgan fingerprint density at radius 1 is 1.10 bits per heavy atom. The highest BCUT2D eigenvalue weighted by Gasteiger charge is 2.20. The van der Waals surface area contributed by atoms with Gasteiger partial charge >= 0.3 is 11.8 Å². The van der Waals surface area contributed by atoms with Crippen molar-refractivity contribution >= 4 is 23.4 Å². The van der Waals surface area contributed by atoms with Gasteiger partial charge < -0.3 is 10.6 Å². The molecule has 1 aromatic heterocycles. The van der Waals surface area contributed by atoms with Crippen molar-refractivity contribution in [3.63, 3.8) is 0 Å². The van der Waals surface area contributed by atoms with Crippen LogP contribution in [0.2, 0.25) is 5.02 Å². The van der Waals surface area contributed by atoms with Gasteiger partial charge in [-0.15, -0.1) is 0 Å². The van der Waals surface area contributed by atoms with Crippen molar-refractivity contribution in [1.29, 1.82) is 0 Å². The molecular formula is C15H14ClN3O2. The number of benzene rings is 1. The number of hydrogen-bond acceptors (Lipinski definition) is 3. The molecule has 21 heavy (non-hydrogen) atoms. The van der Waals surface area contributed by atoms with Crippen molar-refractivity contribution < 1.29 is 9.59 Å². The topological polar surface area (TPSA) is 76.3 Å². The number of carbonyl (C=O) groups is 2. The van der Waals surface area contributed by atoms with E-state index in [0.717, 1.165) is 5.56 Å². The number of carbonyl (C=O) groups excluding carboxylic acids is 2. The zero-order chi connectivity index (χ0) is 15.2. The fourth-order valence-corrected chi connectivity index (χ4v) is 2.07. The molecule has 2 N–H and O–H groups in total. The molecule has 0 saturated heterocycles. The Balaban J connectivity index is 2.22. The maximum atomic E-state index is 11.9. The van der Waals surface area contributed by atoms with Crippen molar-refractivity contribution in [3.8, 4) is 0 Å². The van der Waals surface area contributed by atoms with Crippen LogP contribution in [0.1, 0.15) is 11.3 Å². The molecule has 0 radical (unpaired) electrons. The first-order chi connectivity index (χ1) is 10.1. The Morgan fingerprint density at radius 2 is 1.81 bits per heavy atom. The maximum Gasteiger partial charge on any atom is 0.312 e. The number of hydrogen-bond donors (Lipinski definition) is 1. The quantitative estimate of drug-likeness (QED) is 0.874. The lowest BCUT2D eigenvalue weighted by atomic mass is 10.2. The highest BCUT2D eigenvalue weighted by Crippen LogP contribution is 2.18. The van der Waals surface area contributed by atoms with Crippen LogP contribution in [0.4, 0.5) is 0 Å². The number of pyridine rings is 1. The van der Waals surface area contributed by atoms with Crippen molar-refractivity contribution in [2.24, 2.45) is 5.73 Å². The van der Waals surface area contributed by atoms with Crippen LogP contribution in [0.5, 0.6) is 0 Å². The number of halogens is 1. The van der Waals surface area contributed by atoms with E-state index in [0.29, 0.717) is 10.7 Å². The predicted octanol–water partition coefficient (Wildman–Crippen LogP) is 1.75. The molecule has 2 aromatic rings. The highest BCUT2D eigenvalue weighted by atomic mass is 35.5. The van der Waals surface area contributed by atoms with Crippen LogP contribution >= 0.6 is 11.6 Å². The van der Waals surface area contributed by atoms with Gasteiger partial charge in [0, 0.05) is 17.8 Å². The van der Waals surface area contributed by atoms with Gasteiger partial charge in [-0.05, 0) is 23.8 Å². The number of nitrogens with two attached hydrogens (primary N) is 1. The monoisotopic (exact) mass is 303 g/mol. The minimum atomic E-state index is -1.00. The molecule has 1 aromatic carbocycles. The van der Waals surface area contributed by atoms with E-state index in [9.17, 15) is 9.59 Å². The van der Waals surface area contributed by atoms with Crippen molar-refractivity contribution in [3.05, 3.63) is 64.9 Å². The van der Waals surface area contributed by atoms with Crippen LogP contribution in [0.3, 0.4) is 0 Å². The second-order valence-electron chi connectivity index (χ2n) is 4.44. The zero-order valence-corrected chi connectivity index (χ0v) is 12.0. The van der Waals surface area contributed by atoms with Gasteiger partial charge in [-0.2, -0.15) is 0 Å². The Kier molecular flexibility index (Phi) is 4.90. The highest BCUT2D eigenvalue weighted by molar-refractivity contribution is 6.34. The first kappa shape index (κ1) is 15.0. The fourth-order valence-electron chi connectivity index (χ4n) is 1.87. The SMILES string of the molecule is NC(=O)C(=O)N(Cc1ccccn1)Cc1ccccc1Cl. The summed E-state index contributed by atoms with van der Waals surface area (Å²) in [6, 6.07) is 12.5. The Morgan fingerprint density at radius 3 is 2.43 bits per heavy atom. The molecule has 0 fully saturated rings. The van der Waals surface area contributed by atoms with E-state index in [1.807, 2.05) is 12.1 Å². The predicted molar refractivity (Wildman–Crippen MR) is 79.1 cm³/mol. The molecule has 0 atom stereocenters. The third-order valence-corrected chi connectivity index (χ3v) is 3.26. The van der Waals surface area contributed by atoms with Gasteiger partial charge in [0.15, 0.2) is 0 Å². The minimum absolute atomic E-state index is 0.188. The van der Waals surface area contributed by atoms with Crippen LogP contribution in [0.25, 0.3) is 0 Å². The molecule has 6 heteroatoms. The lowest BCUT2D eigenvalue weighted by molar-refractivity contribution is -0.145. The molecule has 0 bridgehead atoms. The lowest BCUT2D eigenvalue weighted by Crippen LogP contribution is -2.39. The molecular weight excluding hydrogens is 290 g/mol. The third-order valence-electron chi connectivity index (χ3n) is 2.90. The lowest BCUT2D eigenvalue weighted by Gasteiger charge is -2.21. The minimum Gasteiger partial charge on any atom is -0.361 e. The molecule has 0 aliphatic heterocycles. The molecule has 5 nitrogen and oxygen atoms in total. The van der Waals surface area contributed by atoms with Gasteiger partial charge in [0.2, 0.25) is 0 Å². The summed E-state index contributed by atoms with van der Waals surface area (Å²) in [6.45, 7) is 0.381. The standard InChI is InChI=1S/C15H14ClN3O2/c16-13-7-2-1-5-11(13)9-19(15(21)14(17)20)10-12-6-3-4-8-18-12/h1-8H,9-10H2,(H2,17,20). The number of amides is 2. The zero-order valence-electron chi connectivity index (χ0n) is 11.2. The van der Waals surface area contributed by atoms with E-state index in [4.69, 9.17) is 17.3 Å². The third kappa shape index (κ3) is 4.03. The van der Waals surface area contributed by atoms with Crippen molar-refractivity contribution in [2.75, 3.05) is 0 Å². The molecule has 108 valence electrons. The second-order valence-corrected chi connectivity index (χ2v) is 4.85. The second kappa shape index (κ2) is 6.85. The van der Waals surface area contributed by atoms with Crippen LogP contribution < -0.4 is 5.73 Å². The maximum absolute atomic E-state index is 11.9. The van der Waals surface area contributed by atoms with Gasteiger partial charge in [-0.25, -0.2) is 0 Å². The molecule has 0 aliphatic rings. The summed E-state index contributed by atoms with van der Waals surface area (Å²) in [6.07, 6.45) is 1.62. The molecule has 0 saturated carbocycles. The summed E-state index contributed by atoms with van der Waals surface area (Å²) >= 11 is 6.09. The van der Waals surface area contributed by atoms with E-state index in [1.54, 1.807) is 36.5 Å². The van der Waals surface area contributed by atoms with E-state index in [1.165, 1.54) is 4.90 Å². The fraction of sp³-hybridized carbons (Fsp3) is 0.133. The number of aromatic nitrogens is 1. The van der Waals surface area contributed by atoms with Crippen LogP contribution in [0, 0.1) is 0 Å². The van der Waals surface area contributed by atoms with Crippen LogP contribution in [0.15, 0.2) is 48.7 Å². The average Bonchev–Trinajstić information content (AvgIpc) is 2.49. The van der Waals surface area contributed by atoms with Crippen molar-refractivity contribution in [2.45, 2.75) is 13.1 Å². The van der Waals surface area contributed by atoms with Crippen LogP contribution in [-0.4, -0.2) is 21.7 Å². The summed E-state index contributed by atoms with van der Waals surface area (Å²) in [7, 11) is 0. The summed E-state index contributed by atoms with van der Waals surface area (Å²) in [5.41, 5.74) is 6.51. The summed E-state index contributed by atoms with van der Waals surface area (Å²) in [5.74, 6) is -1.77. The normalized spacial score (nSPS) is 10.1. The van der Waals surface area contributed by atoms with E-state index in [2.05, 4.69) is 4.98 Å². The molecule has 1 heterocycles. The average molecular weight is 304 g/mol. The van der Waals surface area contributed by atoms with Gasteiger partial charge in [-0.3, -0.25) is 14.6 Å². The first-order valence-electron chi connectivity index (χ1n) is 6.30. The first-order valence-corrected chi connectivity index (χ1v) is 6.67. The summed E-state index contributed by atoms with van der Waals surface area (Å²) < 4.78 is 0. The summed E-state index contributed by atoms with van der Waals surface area (Å²) in [5, 5.41) is 0.529. The molecule has 0 aliphatic carbocycles. The van der Waals surface area contributed by atoms with E-state index < -0.39 is 11.8 Å². The number of primary amides is 1. The Hall–Kier alpha value is -2.40. The summed E-state index contributed by atoms with van der Waals surface area (Å²) in [4.78, 5) is 28.6. The van der Waals surface area contributed by atoms with Crippen molar-refractivity contribution in [1.82, 2.24) is 9.88 Å². The van der Waals surface area contributed by atoms with Gasteiger partial charge in [-0.1, -0.05) is 35.9 Å². The molecule has 0 spiro atoms. The van der Waals surface area contributed by atoms with Gasteiger partial charge in [0.05, 0.1) is 12.2 Å². The molecule has 2 amide bonds. The Labute approximate surface area is 127 Å². The number of rotatable bonds is 4. The largest absolute Gasteiger partial charge is 0.361 e. The smallest absolute Gasteiger partial charge is 0.312 e. The Bertz CT molecular complexity index is 646. The van der Waals surface area contributed by atoms with Crippen LogP contribution in [-0.2, 0) is 22.7 Å². The molecule has 0 unspecified atom stereocenters.